The molecule has 1 aliphatic carbocycles. The van der Waals surface area contributed by atoms with Crippen molar-refractivity contribution in [3.05, 3.63) is 23.8 Å². The quantitative estimate of drug-likeness (QED) is 0.467. The topological polar surface area (TPSA) is 83.4 Å². The summed E-state index contributed by atoms with van der Waals surface area (Å²) in [4.78, 5) is 28.4. The van der Waals surface area contributed by atoms with Gasteiger partial charge in [0.2, 0.25) is 13.4 Å². The number of nitrogens with zero attached hydrogens (tertiary/aromatic N) is 1. The van der Waals surface area contributed by atoms with Crippen molar-refractivity contribution in [1.82, 2.24) is 0 Å². The minimum atomic E-state index is -0.631. The number of hydrogen-bond donors (Lipinski definition) is 0. The Morgan fingerprint density at radius 1 is 1.29 bits per heavy atom. The normalized spacial score (nSPS) is 20.0. The van der Waals surface area contributed by atoms with Crippen LogP contribution in [0, 0.1) is 0 Å². The standard InChI is InChI=1S/C17H19NO6/c1-11(12-6-7-15-16(8-12)22-10-21-15)18-23-9-17(20)24-14-5-3-2-4-13(14)19/h6-8,14H,2-5,9-10H2,1H3. The fourth-order valence-corrected chi connectivity index (χ4v) is 2.62. The molecule has 3 rings (SSSR count). The number of esters is 1. The molecule has 128 valence electrons. The average molecular weight is 333 g/mol. The van der Waals surface area contributed by atoms with Gasteiger partial charge < -0.3 is 19.0 Å². The SMILES string of the molecule is CC(=NOCC(=O)OC1CCCCC1=O)c1ccc2c(c1)OCO2. The van der Waals surface area contributed by atoms with Crippen LogP contribution in [0.3, 0.4) is 0 Å². The van der Waals surface area contributed by atoms with Crippen molar-refractivity contribution in [2.75, 3.05) is 13.4 Å². The van der Waals surface area contributed by atoms with Crippen LogP contribution < -0.4 is 9.47 Å². The van der Waals surface area contributed by atoms with Gasteiger partial charge in [-0.25, -0.2) is 4.79 Å². The molecule has 2 aliphatic rings. The van der Waals surface area contributed by atoms with E-state index >= 15 is 0 Å². The molecule has 0 bridgehead atoms. The fourth-order valence-electron chi connectivity index (χ4n) is 2.62. The zero-order chi connectivity index (χ0) is 16.9. The Morgan fingerprint density at radius 3 is 2.96 bits per heavy atom. The summed E-state index contributed by atoms with van der Waals surface area (Å²) in [5.74, 6) is 0.734. The Balaban J connectivity index is 1.50. The number of carbonyl (C=O) groups is 2. The van der Waals surface area contributed by atoms with Gasteiger partial charge in [0.15, 0.2) is 23.4 Å². The molecule has 1 atom stereocenters. The molecule has 0 saturated heterocycles. The summed E-state index contributed by atoms with van der Waals surface area (Å²) in [6, 6.07) is 5.41. The minimum absolute atomic E-state index is 0.0189. The lowest BCUT2D eigenvalue weighted by Crippen LogP contribution is -2.31. The lowest BCUT2D eigenvalue weighted by atomic mass is 9.96. The molecular formula is C17H19NO6. The number of fused-ring (bicyclic) bond motifs is 1. The smallest absolute Gasteiger partial charge is 0.347 e. The third-order valence-corrected chi connectivity index (χ3v) is 3.95. The van der Waals surface area contributed by atoms with Gasteiger partial charge in [-0.3, -0.25) is 4.79 Å². The second-order valence-corrected chi connectivity index (χ2v) is 5.71. The number of ether oxygens (including phenoxy) is 3. The van der Waals surface area contributed by atoms with Gasteiger partial charge in [-0.05, 0) is 44.4 Å². The molecule has 1 aliphatic heterocycles. The zero-order valence-corrected chi connectivity index (χ0v) is 13.4. The maximum Gasteiger partial charge on any atom is 0.347 e. The summed E-state index contributed by atoms with van der Waals surface area (Å²) in [7, 11) is 0. The van der Waals surface area contributed by atoms with Crippen molar-refractivity contribution in [3.63, 3.8) is 0 Å². The van der Waals surface area contributed by atoms with Crippen LogP contribution in [-0.4, -0.2) is 37.0 Å². The zero-order valence-electron chi connectivity index (χ0n) is 13.4. The lowest BCUT2D eigenvalue weighted by Gasteiger charge is -2.20. The van der Waals surface area contributed by atoms with Gasteiger partial charge in [0, 0.05) is 12.0 Å². The minimum Gasteiger partial charge on any atom is -0.454 e. The van der Waals surface area contributed by atoms with Crippen molar-refractivity contribution >= 4 is 17.5 Å². The highest BCUT2D eigenvalue weighted by Gasteiger charge is 2.25. The number of ketones is 1. The van der Waals surface area contributed by atoms with Gasteiger partial charge >= 0.3 is 5.97 Å². The second-order valence-electron chi connectivity index (χ2n) is 5.71. The van der Waals surface area contributed by atoms with Gasteiger partial charge in [0.1, 0.15) is 0 Å². The van der Waals surface area contributed by atoms with Crippen molar-refractivity contribution in [2.45, 2.75) is 38.7 Å². The van der Waals surface area contributed by atoms with Crippen molar-refractivity contribution < 1.29 is 28.6 Å². The second kappa shape index (κ2) is 7.33. The van der Waals surface area contributed by atoms with E-state index < -0.39 is 12.1 Å². The molecule has 24 heavy (non-hydrogen) atoms. The fraction of sp³-hybridized carbons (Fsp3) is 0.471. The number of benzene rings is 1. The first-order valence-corrected chi connectivity index (χ1v) is 7.92. The summed E-state index contributed by atoms with van der Waals surface area (Å²) >= 11 is 0. The van der Waals surface area contributed by atoms with Crippen molar-refractivity contribution in [3.8, 4) is 11.5 Å². The Labute approximate surface area is 139 Å². The molecule has 1 aromatic carbocycles. The number of Topliss-reactive ketones (excluding diaryl/α,β-unsaturated/α-hetero) is 1. The van der Waals surface area contributed by atoms with Crippen LogP contribution >= 0.6 is 0 Å². The molecule has 7 heteroatoms. The molecule has 1 saturated carbocycles. The van der Waals surface area contributed by atoms with Crippen LogP contribution in [0.2, 0.25) is 0 Å². The number of rotatable bonds is 5. The Morgan fingerprint density at radius 2 is 2.12 bits per heavy atom. The van der Waals surface area contributed by atoms with Crippen LogP contribution in [0.5, 0.6) is 11.5 Å². The maximum atomic E-state index is 11.7. The highest BCUT2D eigenvalue weighted by atomic mass is 16.7. The van der Waals surface area contributed by atoms with E-state index in [1.807, 2.05) is 6.07 Å². The highest BCUT2D eigenvalue weighted by molar-refractivity contribution is 5.99. The van der Waals surface area contributed by atoms with Gasteiger partial charge in [-0.1, -0.05) is 5.16 Å². The molecular weight excluding hydrogens is 314 g/mol. The molecule has 0 spiro atoms. The Bertz CT molecular complexity index is 669. The van der Waals surface area contributed by atoms with Crippen LogP contribution in [0.4, 0.5) is 0 Å². The molecule has 0 radical (unpaired) electrons. The summed E-state index contributed by atoms with van der Waals surface area (Å²) < 4.78 is 15.7. The van der Waals surface area contributed by atoms with Crippen LogP contribution in [-0.2, 0) is 19.2 Å². The van der Waals surface area contributed by atoms with E-state index in [1.165, 1.54) is 0 Å². The van der Waals surface area contributed by atoms with Crippen LogP contribution in [0.15, 0.2) is 23.4 Å². The van der Waals surface area contributed by atoms with E-state index in [4.69, 9.17) is 19.0 Å². The first-order chi connectivity index (χ1) is 11.6. The molecule has 1 unspecified atom stereocenters. The molecule has 1 fully saturated rings. The first-order valence-electron chi connectivity index (χ1n) is 7.92. The van der Waals surface area contributed by atoms with E-state index in [9.17, 15) is 9.59 Å². The van der Waals surface area contributed by atoms with E-state index in [0.717, 1.165) is 18.4 Å². The van der Waals surface area contributed by atoms with Gasteiger partial charge in [0.25, 0.3) is 0 Å². The first kappa shape index (κ1) is 16.3. The molecule has 7 nitrogen and oxygen atoms in total. The predicted octanol–water partition coefficient (Wildman–Crippen LogP) is 2.21. The number of hydrogen-bond acceptors (Lipinski definition) is 7. The maximum absolute atomic E-state index is 11.7. The van der Waals surface area contributed by atoms with Crippen molar-refractivity contribution in [1.29, 1.82) is 0 Å². The third kappa shape index (κ3) is 3.84. The molecule has 1 aromatic rings. The number of oxime groups is 1. The molecule has 1 heterocycles. The Kier molecular flexibility index (Phi) is 4.98. The average Bonchev–Trinajstić information content (AvgIpc) is 3.04. The summed E-state index contributed by atoms with van der Waals surface area (Å²) in [5, 5.41) is 3.91. The van der Waals surface area contributed by atoms with Gasteiger partial charge in [-0.15, -0.1) is 0 Å². The number of carbonyl (C=O) groups excluding carboxylic acids is 2. The highest BCUT2D eigenvalue weighted by Crippen LogP contribution is 2.32. The Hall–Kier alpha value is -2.57. The van der Waals surface area contributed by atoms with Crippen molar-refractivity contribution in [2.24, 2.45) is 5.16 Å². The van der Waals surface area contributed by atoms with Gasteiger partial charge in [0.05, 0.1) is 5.71 Å². The molecule has 0 amide bonds. The largest absolute Gasteiger partial charge is 0.454 e. The van der Waals surface area contributed by atoms with Gasteiger partial charge in [-0.2, -0.15) is 0 Å². The van der Waals surface area contributed by atoms with E-state index in [2.05, 4.69) is 5.16 Å². The van der Waals surface area contributed by atoms with Crippen LogP contribution in [0.25, 0.3) is 0 Å². The third-order valence-electron chi connectivity index (χ3n) is 3.95. The van der Waals surface area contributed by atoms with E-state index in [0.29, 0.717) is 30.1 Å². The molecule has 0 N–H and O–H groups in total. The summed E-state index contributed by atoms with van der Waals surface area (Å²) in [6.45, 7) is 1.64. The lowest BCUT2D eigenvalue weighted by molar-refractivity contribution is -0.160. The van der Waals surface area contributed by atoms with E-state index in [-0.39, 0.29) is 19.2 Å². The van der Waals surface area contributed by atoms with E-state index in [1.54, 1.807) is 19.1 Å². The van der Waals surface area contributed by atoms with Crippen LogP contribution in [0.1, 0.15) is 38.2 Å². The molecule has 0 aromatic heterocycles. The summed E-state index contributed by atoms with van der Waals surface area (Å²) in [6.07, 6.45) is 2.19. The monoisotopic (exact) mass is 333 g/mol. The predicted molar refractivity (Wildman–Crippen MR) is 84.1 cm³/mol. The summed E-state index contributed by atoms with van der Waals surface area (Å²) in [5.41, 5.74) is 1.39.